The standard InChI is InChI=1S/C20H19N5O4/c1-28-14-6-4-5-13(9-14)23-19(27)11-29-17-8-3-2-7-15(17)16-10-18(26)24-20-21-12-22-25(16)20/h2-9,12,16H,10-11H2,1H3,(H,23,27)(H,21,22,24,26)/t16-/m0/s1. The summed E-state index contributed by atoms with van der Waals surface area (Å²) in [5.74, 6) is 1.08. The van der Waals surface area contributed by atoms with E-state index < -0.39 is 0 Å². The average Bonchev–Trinajstić information content (AvgIpc) is 3.20. The number of ether oxygens (including phenoxy) is 2. The molecule has 0 fully saturated rings. The number of amides is 2. The normalized spacial score (nSPS) is 15.2. The second-order valence-electron chi connectivity index (χ2n) is 6.40. The minimum Gasteiger partial charge on any atom is -0.497 e. The van der Waals surface area contributed by atoms with Gasteiger partial charge in [0.2, 0.25) is 11.9 Å². The number of benzene rings is 2. The number of methoxy groups -OCH3 is 1. The lowest BCUT2D eigenvalue weighted by molar-refractivity contribution is -0.118. The van der Waals surface area contributed by atoms with Crippen LogP contribution in [0.1, 0.15) is 18.0 Å². The monoisotopic (exact) mass is 393 g/mol. The fourth-order valence-electron chi connectivity index (χ4n) is 3.18. The summed E-state index contributed by atoms with van der Waals surface area (Å²) >= 11 is 0. The van der Waals surface area contributed by atoms with Gasteiger partial charge in [0, 0.05) is 17.3 Å². The van der Waals surface area contributed by atoms with Gasteiger partial charge in [-0.05, 0) is 18.2 Å². The van der Waals surface area contributed by atoms with Crippen molar-refractivity contribution in [2.45, 2.75) is 12.5 Å². The van der Waals surface area contributed by atoms with Gasteiger partial charge in [0.25, 0.3) is 5.91 Å². The molecule has 2 aromatic carbocycles. The molecule has 3 aromatic rings. The number of anilines is 2. The van der Waals surface area contributed by atoms with Crippen molar-refractivity contribution in [2.75, 3.05) is 24.4 Å². The molecule has 0 bridgehead atoms. The van der Waals surface area contributed by atoms with Gasteiger partial charge < -0.3 is 14.8 Å². The summed E-state index contributed by atoms with van der Waals surface area (Å²) in [6.07, 6.45) is 1.59. The fraction of sp³-hybridized carbons (Fsp3) is 0.200. The summed E-state index contributed by atoms with van der Waals surface area (Å²) in [4.78, 5) is 28.4. The number of hydrogen-bond donors (Lipinski definition) is 2. The molecule has 2 N–H and O–H groups in total. The van der Waals surface area contributed by atoms with E-state index in [1.165, 1.54) is 6.33 Å². The number of nitrogens with zero attached hydrogens (tertiary/aromatic N) is 3. The third-order valence-electron chi connectivity index (χ3n) is 4.49. The van der Waals surface area contributed by atoms with Gasteiger partial charge in [-0.15, -0.1) is 0 Å². The Balaban J connectivity index is 1.48. The lowest BCUT2D eigenvalue weighted by atomic mass is 10.0. The van der Waals surface area contributed by atoms with Gasteiger partial charge in [0.15, 0.2) is 6.61 Å². The van der Waals surface area contributed by atoms with E-state index in [1.807, 2.05) is 18.2 Å². The highest BCUT2D eigenvalue weighted by Gasteiger charge is 2.29. The second-order valence-corrected chi connectivity index (χ2v) is 6.40. The van der Waals surface area contributed by atoms with E-state index in [-0.39, 0.29) is 30.9 Å². The molecule has 0 saturated carbocycles. The Morgan fingerprint density at radius 2 is 2.14 bits per heavy atom. The summed E-state index contributed by atoms with van der Waals surface area (Å²) in [5, 5.41) is 9.65. The minimum atomic E-state index is -0.362. The predicted octanol–water partition coefficient (Wildman–Crippen LogP) is 2.24. The molecule has 2 amide bonds. The van der Waals surface area contributed by atoms with E-state index in [1.54, 1.807) is 42.1 Å². The minimum absolute atomic E-state index is 0.152. The Bertz CT molecular complexity index is 1050. The maximum absolute atomic E-state index is 12.3. The number of carbonyl (C=O) groups is 2. The molecule has 0 aliphatic carbocycles. The van der Waals surface area contributed by atoms with Crippen LogP contribution in [0.3, 0.4) is 0 Å². The summed E-state index contributed by atoms with van der Waals surface area (Å²) in [7, 11) is 1.56. The van der Waals surface area contributed by atoms with Crippen molar-refractivity contribution in [3.63, 3.8) is 0 Å². The van der Waals surface area contributed by atoms with E-state index >= 15 is 0 Å². The van der Waals surface area contributed by atoms with Crippen molar-refractivity contribution in [1.29, 1.82) is 0 Å². The smallest absolute Gasteiger partial charge is 0.262 e. The summed E-state index contributed by atoms with van der Waals surface area (Å²) in [6.45, 7) is -0.183. The SMILES string of the molecule is COc1cccc(NC(=O)COc2ccccc2[C@@H]2CC(=O)Nc3ncnn32)c1. The van der Waals surface area contributed by atoms with Crippen LogP contribution in [-0.2, 0) is 9.59 Å². The Kier molecular flexibility index (Phi) is 5.10. The highest BCUT2D eigenvalue weighted by Crippen LogP contribution is 2.34. The van der Waals surface area contributed by atoms with Gasteiger partial charge in [-0.2, -0.15) is 10.1 Å². The van der Waals surface area contributed by atoms with Crippen LogP contribution in [0.25, 0.3) is 0 Å². The number of aromatic nitrogens is 3. The van der Waals surface area contributed by atoms with Crippen molar-refractivity contribution in [3.8, 4) is 11.5 Å². The van der Waals surface area contributed by atoms with Crippen molar-refractivity contribution >= 4 is 23.5 Å². The van der Waals surface area contributed by atoms with Crippen LogP contribution in [-0.4, -0.2) is 40.3 Å². The largest absolute Gasteiger partial charge is 0.497 e. The first-order chi connectivity index (χ1) is 14.1. The number of nitrogens with one attached hydrogen (secondary N) is 2. The quantitative estimate of drug-likeness (QED) is 0.665. The van der Waals surface area contributed by atoms with Crippen LogP contribution in [0.4, 0.5) is 11.6 Å². The highest BCUT2D eigenvalue weighted by molar-refractivity contribution is 5.92. The second kappa shape index (κ2) is 8.01. The molecule has 0 radical (unpaired) electrons. The zero-order valence-corrected chi connectivity index (χ0v) is 15.7. The molecular formula is C20H19N5O4. The van der Waals surface area contributed by atoms with Crippen molar-refractivity contribution in [3.05, 3.63) is 60.4 Å². The molecule has 1 atom stereocenters. The summed E-state index contributed by atoms with van der Waals surface area (Å²) in [6, 6.07) is 14.0. The van der Waals surface area contributed by atoms with Gasteiger partial charge in [-0.25, -0.2) is 4.68 Å². The first kappa shape index (κ1) is 18.5. The maximum Gasteiger partial charge on any atom is 0.262 e. The van der Waals surface area contributed by atoms with E-state index in [2.05, 4.69) is 20.7 Å². The first-order valence-corrected chi connectivity index (χ1v) is 8.99. The first-order valence-electron chi connectivity index (χ1n) is 8.99. The average molecular weight is 393 g/mol. The van der Waals surface area contributed by atoms with Crippen LogP contribution in [0, 0.1) is 0 Å². The zero-order chi connectivity index (χ0) is 20.2. The highest BCUT2D eigenvalue weighted by atomic mass is 16.5. The van der Waals surface area contributed by atoms with E-state index in [0.717, 1.165) is 5.56 Å². The Labute approximate surface area is 166 Å². The molecule has 0 saturated heterocycles. The molecule has 4 rings (SSSR count). The van der Waals surface area contributed by atoms with E-state index in [9.17, 15) is 9.59 Å². The predicted molar refractivity (Wildman–Crippen MR) is 105 cm³/mol. The number of fused-ring (bicyclic) bond motifs is 1. The molecule has 1 aliphatic heterocycles. The van der Waals surface area contributed by atoms with Crippen molar-refractivity contribution in [1.82, 2.24) is 14.8 Å². The molecule has 2 heterocycles. The Hall–Kier alpha value is -3.88. The Morgan fingerprint density at radius 3 is 3.00 bits per heavy atom. The van der Waals surface area contributed by atoms with Crippen LogP contribution < -0.4 is 20.1 Å². The van der Waals surface area contributed by atoms with E-state index in [4.69, 9.17) is 9.47 Å². The molecule has 9 heteroatoms. The molecule has 0 spiro atoms. The lowest BCUT2D eigenvalue weighted by Crippen LogP contribution is -2.29. The molecule has 0 unspecified atom stereocenters. The molecule has 148 valence electrons. The van der Waals surface area contributed by atoms with Gasteiger partial charge in [0.05, 0.1) is 19.6 Å². The molecule has 29 heavy (non-hydrogen) atoms. The fourth-order valence-corrected chi connectivity index (χ4v) is 3.18. The number of para-hydroxylation sites is 1. The van der Waals surface area contributed by atoms with Gasteiger partial charge in [-0.3, -0.25) is 14.9 Å². The molecule has 9 nitrogen and oxygen atoms in total. The lowest BCUT2D eigenvalue weighted by Gasteiger charge is -2.25. The number of hydrogen-bond acceptors (Lipinski definition) is 6. The van der Waals surface area contributed by atoms with Crippen LogP contribution in [0.15, 0.2) is 54.9 Å². The van der Waals surface area contributed by atoms with Gasteiger partial charge in [-0.1, -0.05) is 24.3 Å². The van der Waals surface area contributed by atoms with Crippen LogP contribution in [0.2, 0.25) is 0 Å². The van der Waals surface area contributed by atoms with Crippen molar-refractivity contribution in [2.24, 2.45) is 0 Å². The third-order valence-corrected chi connectivity index (χ3v) is 4.49. The zero-order valence-electron chi connectivity index (χ0n) is 15.7. The number of rotatable bonds is 6. The number of carbonyl (C=O) groups excluding carboxylic acids is 2. The van der Waals surface area contributed by atoms with Crippen molar-refractivity contribution < 1.29 is 19.1 Å². The summed E-state index contributed by atoms with van der Waals surface area (Å²) < 4.78 is 12.6. The van der Waals surface area contributed by atoms with Gasteiger partial charge >= 0.3 is 0 Å². The topological polar surface area (TPSA) is 107 Å². The molecular weight excluding hydrogens is 374 g/mol. The van der Waals surface area contributed by atoms with Crippen LogP contribution in [0.5, 0.6) is 11.5 Å². The maximum atomic E-state index is 12.3. The molecule has 1 aliphatic rings. The third kappa shape index (κ3) is 4.03. The van der Waals surface area contributed by atoms with Crippen LogP contribution >= 0.6 is 0 Å². The summed E-state index contributed by atoms with van der Waals surface area (Å²) in [5.41, 5.74) is 1.37. The van der Waals surface area contributed by atoms with Gasteiger partial charge in [0.1, 0.15) is 17.8 Å². The Morgan fingerprint density at radius 1 is 1.28 bits per heavy atom. The molecule has 1 aromatic heterocycles. The van der Waals surface area contributed by atoms with E-state index in [0.29, 0.717) is 23.1 Å².